The quantitative estimate of drug-likeness (QED) is 0.643. The molecule has 1 aliphatic carbocycles. The Labute approximate surface area is 63.4 Å². The van der Waals surface area contributed by atoms with E-state index in [1.54, 1.807) is 25.3 Å². The summed E-state index contributed by atoms with van der Waals surface area (Å²) in [6, 6.07) is 3.45. The van der Waals surface area contributed by atoms with Crippen LogP contribution in [0.15, 0.2) is 18.3 Å². The van der Waals surface area contributed by atoms with Gasteiger partial charge in [-0.05, 0) is 19.1 Å². The second-order valence-electron chi connectivity index (χ2n) is 3.30. The third kappa shape index (κ3) is 0.737. The van der Waals surface area contributed by atoms with E-state index in [1.807, 2.05) is 0 Å². The third-order valence-corrected chi connectivity index (χ3v) is 2.45. The summed E-state index contributed by atoms with van der Waals surface area (Å²) in [4.78, 5) is 2.82. The summed E-state index contributed by atoms with van der Waals surface area (Å²) < 4.78 is 25.4. The van der Waals surface area contributed by atoms with E-state index in [-0.39, 0.29) is 6.42 Å². The number of hydrogen-bond acceptors (Lipinski definition) is 0. The van der Waals surface area contributed by atoms with Gasteiger partial charge in [-0.3, -0.25) is 0 Å². The molecular weight excluding hydrogens is 148 g/mol. The summed E-state index contributed by atoms with van der Waals surface area (Å²) in [5.74, 6) is -2.50. The second-order valence-corrected chi connectivity index (χ2v) is 3.30. The van der Waals surface area contributed by atoms with Gasteiger partial charge in [0.05, 0.1) is 5.41 Å². The van der Waals surface area contributed by atoms with E-state index in [4.69, 9.17) is 0 Å². The minimum atomic E-state index is -2.50. The topological polar surface area (TPSA) is 15.8 Å². The van der Waals surface area contributed by atoms with Crippen molar-refractivity contribution in [1.82, 2.24) is 4.98 Å². The van der Waals surface area contributed by atoms with Crippen molar-refractivity contribution in [2.45, 2.75) is 24.7 Å². The van der Waals surface area contributed by atoms with Crippen LogP contribution in [0.2, 0.25) is 0 Å². The zero-order valence-corrected chi connectivity index (χ0v) is 6.20. The number of aromatic nitrogens is 1. The highest BCUT2D eigenvalue weighted by Crippen LogP contribution is 2.60. The van der Waals surface area contributed by atoms with Crippen molar-refractivity contribution >= 4 is 0 Å². The summed E-state index contributed by atoms with van der Waals surface area (Å²) >= 11 is 0. The molecule has 1 N–H and O–H groups in total. The minimum Gasteiger partial charge on any atom is -0.364 e. The summed E-state index contributed by atoms with van der Waals surface area (Å²) in [5, 5.41) is 0. The van der Waals surface area contributed by atoms with Crippen LogP contribution in [0.5, 0.6) is 0 Å². The summed E-state index contributed by atoms with van der Waals surface area (Å²) in [5.41, 5.74) is -0.279. The van der Waals surface area contributed by atoms with E-state index < -0.39 is 11.3 Å². The lowest BCUT2D eigenvalue weighted by Crippen LogP contribution is -2.11. The lowest BCUT2D eigenvalue weighted by atomic mass is 10.1. The van der Waals surface area contributed by atoms with Crippen molar-refractivity contribution in [2.75, 3.05) is 0 Å². The van der Waals surface area contributed by atoms with Crippen LogP contribution in [0, 0.1) is 0 Å². The molecule has 0 radical (unpaired) electrons. The van der Waals surface area contributed by atoms with Crippen LogP contribution >= 0.6 is 0 Å². The Hall–Kier alpha value is -0.860. The molecule has 1 atom stereocenters. The van der Waals surface area contributed by atoms with E-state index in [0.29, 0.717) is 5.69 Å². The molecule has 1 saturated carbocycles. The highest BCUT2D eigenvalue weighted by molar-refractivity contribution is 5.31. The van der Waals surface area contributed by atoms with Crippen LogP contribution in [0.1, 0.15) is 19.0 Å². The molecule has 1 nitrogen and oxygen atoms in total. The fraction of sp³-hybridized carbons (Fsp3) is 0.500. The molecule has 0 spiro atoms. The number of rotatable bonds is 1. The minimum absolute atomic E-state index is 0.0273. The molecule has 1 heterocycles. The van der Waals surface area contributed by atoms with Gasteiger partial charge in [0.2, 0.25) is 0 Å². The maximum Gasteiger partial charge on any atom is 0.260 e. The van der Waals surface area contributed by atoms with Crippen molar-refractivity contribution in [3.05, 3.63) is 24.0 Å². The molecule has 3 heteroatoms. The lowest BCUT2D eigenvalue weighted by Gasteiger charge is -2.06. The van der Waals surface area contributed by atoms with Gasteiger partial charge in [-0.1, -0.05) is 0 Å². The highest BCUT2D eigenvalue weighted by atomic mass is 19.3. The number of alkyl halides is 2. The summed E-state index contributed by atoms with van der Waals surface area (Å²) in [6.45, 7) is 1.58. The van der Waals surface area contributed by atoms with Crippen LogP contribution in [0.25, 0.3) is 0 Å². The summed E-state index contributed by atoms with van der Waals surface area (Å²) in [7, 11) is 0. The molecule has 0 amide bonds. The van der Waals surface area contributed by atoms with Gasteiger partial charge < -0.3 is 4.98 Å². The van der Waals surface area contributed by atoms with Gasteiger partial charge in [-0.15, -0.1) is 0 Å². The summed E-state index contributed by atoms with van der Waals surface area (Å²) in [6.07, 6.45) is 1.65. The first-order valence-electron chi connectivity index (χ1n) is 3.58. The zero-order chi connectivity index (χ0) is 8.11. The van der Waals surface area contributed by atoms with Gasteiger partial charge in [-0.25, -0.2) is 8.78 Å². The highest BCUT2D eigenvalue weighted by Gasteiger charge is 2.69. The van der Waals surface area contributed by atoms with Crippen molar-refractivity contribution < 1.29 is 8.78 Å². The van der Waals surface area contributed by atoms with Gasteiger partial charge in [-0.2, -0.15) is 0 Å². The molecule has 2 rings (SSSR count). The Morgan fingerprint density at radius 1 is 1.55 bits per heavy atom. The van der Waals surface area contributed by atoms with Gasteiger partial charge in [0.1, 0.15) is 0 Å². The Morgan fingerprint density at radius 3 is 2.55 bits per heavy atom. The van der Waals surface area contributed by atoms with Crippen molar-refractivity contribution in [2.24, 2.45) is 0 Å². The third-order valence-electron chi connectivity index (χ3n) is 2.45. The fourth-order valence-corrected chi connectivity index (χ4v) is 1.37. The normalized spacial score (nSPS) is 33.7. The smallest absolute Gasteiger partial charge is 0.260 e. The molecular formula is C8H9F2N. The number of halogens is 2. The molecule has 0 bridgehead atoms. The molecule has 1 aromatic rings. The standard InChI is InChI=1S/C8H9F2N/c1-7(5-8(7,9)10)6-3-2-4-11-6/h2-4,11H,5H2,1H3. The molecule has 0 aliphatic heterocycles. The predicted molar refractivity (Wildman–Crippen MR) is 37.7 cm³/mol. The average molecular weight is 157 g/mol. The van der Waals surface area contributed by atoms with E-state index in [2.05, 4.69) is 4.98 Å². The molecule has 1 fully saturated rings. The van der Waals surface area contributed by atoms with Gasteiger partial charge >= 0.3 is 0 Å². The Morgan fingerprint density at radius 2 is 2.18 bits per heavy atom. The van der Waals surface area contributed by atoms with Gasteiger partial charge in [0.15, 0.2) is 0 Å². The largest absolute Gasteiger partial charge is 0.364 e. The average Bonchev–Trinajstić information content (AvgIpc) is 2.36. The van der Waals surface area contributed by atoms with Crippen molar-refractivity contribution in [1.29, 1.82) is 0 Å². The molecule has 11 heavy (non-hydrogen) atoms. The van der Waals surface area contributed by atoms with Crippen LogP contribution in [0.3, 0.4) is 0 Å². The molecule has 1 aromatic heterocycles. The molecule has 60 valence electrons. The number of nitrogens with one attached hydrogen (secondary N) is 1. The van der Waals surface area contributed by atoms with E-state index in [1.165, 1.54) is 0 Å². The fourth-order valence-electron chi connectivity index (χ4n) is 1.37. The van der Waals surface area contributed by atoms with E-state index in [0.717, 1.165) is 0 Å². The second kappa shape index (κ2) is 1.65. The predicted octanol–water partition coefficient (Wildman–Crippen LogP) is 2.31. The number of aromatic amines is 1. The number of H-pyrrole nitrogens is 1. The van der Waals surface area contributed by atoms with Crippen LogP contribution in [-0.4, -0.2) is 10.9 Å². The first-order valence-corrected chi connectivity index (χ1v) is 3.58. The Kier molecular flexibility index (Phi) is 1.03. The Bertz CT molecular complexity index is 266. The first kappa shape index (κ1) is 6.83. The maximum absolute atomic E-state index is 12.7. The molecule has 0 aromatic carbocycles. The molecule has 0 saturated heterocycles. The SMILES string of the molecule is CC1(c2ccc[nH]2)CC1(F)F. The zero-order valence-electron chi connectivity index (χ0n) is 6.20. The molecule has 1 aliphatic rings. The van der Waals surface area contributed by atoms with Crippen LogP contribution in [-0.2, 0) is 5.41 Å². The van der Waals surface area contributed by atoms with Crippen LogP contribution in [0.4, 0.5) is 8.78 Å². The lowest BCUT2D eigenvalue weighted by molar-refractivity contribution is 0.0912. The van der Waals surface area contributed by atoms with Crippen molar-refractivity contribution in [3.8, 4) is 0 Å². The monoisotopic (exact) mass is 157 g/mol. The van der Waals surface area contributed by atoms with Crippen molar-refractivity contribution in [3.63, 3.8) is 0 Å². The number of hydrogen-bond donors (Lipinski definition) is 1. The van der Waals surface area contributed by atoms with E-state index in [9.17, 15) is 8.78 Å². The Balaban J connectivity index is 2.33. The first-order chi connectivity index (χ1) is 5.06. The van der Waals surface area contributed by atoms with Gasteiger partial charge in [0.25, 0.3) is 5.92 Å². The van der Waals surface area contributed by atoms with Crippen LogP contribution < -0.4 is 0 Å². The maximum atomic E-state index is 12.7. The van der Waals surface area contributed by atoms with Gasteiger partial charge in [0, 0.05) is 18.3 Å². The van der Waals surface area contributed by atoms with E-state index >= 15 is 0 Å². The molecule has 1 unspecified atom stereocenters.